The highest BCUT2D eigenvalue weighted by Crippen LogP contribution is 2.02. The average molecular weight is 229 g/mol. The first-order valence-electron chi connectivity index (χ1n) is 5.74. The number of terminal acetylenes is 1. The lowest BCUT2D eigenvalue weighted by Crippen LogP contribution is -2.38. The van der Waals surface area contributed by atoms with E-state index in [4.69, 9.17) is 6.42 Å². The predicted molar refractivity (Wildman–Crippen MR) is 72.7 cm³/mol. The highest BCUT2D eigenvalue weighted by Gasteiger charge is 2.05. The molecule has 3 heteroatoms. The maximum atomic E-state index is 5.22. The molecule has 0 aromatic heterocycles. The number of hydrogen-bond acceptors (Lipinski definition) is 1. The van der Waals surface area contributed by atoms with Crippen molar-refractivity contribution in [3.05, 3.63) is 35.9 Å². The van der Waals surface area contributed by atoms with Gasteiger partial charge in [-0.2, -0.15) is 0 Å². The molecule has 0 aliphatic heterocycles. The summed E-state index contributed by atoms with van der Waals surface area (Å²) in [6.45, 7) is 4.10. The van der Waals surface area contributed by atoms with Crippen LogP contribution in [0.15, 0.2) is 35.3 Å². The van der Waals surface area contributed by atoms with Crippen LogP contribution in [0.4, 0.5) is 0 Å². The molecular formula is C14H19N3. The van der Waals surface area contributed by atoms with Crippen LogP contribution >= 0.6 is 0 Å². The molecule has 1 aromatic rings. The summed E-state index contributed by atoms with van der Waals surface area (Å²) in [5.74, 6) is 3.36. The van der Waals surface area contributed by atoms with Crippen molar-refractivity contribution < 1.29 is 0 Å². The molecule has 0 amide bonds. The lowest BCUT2D eigenvalue weighted by molar-refractivity contribution is 0.478. The Hall–Kier alpha value is -1.95. The molecule has 3 nitrogen and oxygen atoms in total. The van der Waals surface area contributed by atoms with Gasteiger partial charge in [0, 0.05) is 20.1 Å². The van der Waals surface area contributed by atoms with Crippen LogP contribution in [0, 0.1) is 12.3 Å². The van der Waals surface area contributed by atoms with Crippen molar-refractivity contribution >= 4 is 5.96 Å². The predicted octanol–water partition coefficient (Wildman–Crippen LogP) is 1.72. The second-order valence-electron chi connectivity index (χ2n) is 3.72. The molecule has 1 aromatic carbocycles. The van der Waals surface area contributed by atoms with Gasteiger partial charge < -0.3 is 10.2 Å². The summed E-state index contributed by atoms with van der Waals surface area (Å²) in [6, 6.07) is 10.3. The molecule has 0 aliphatic rings. The number of hydrogen-bond donors (Lipinski definition) is 1. The second kappa shape index (κ2) is 7.34. The van der Waals surface area contributed by atoms with Gasteiger partial charge in [0.1, 0.15) is 6.54 Å². The lowest BCUT2D eigenvalue weighted by atomic mass is 10.2. The van der Waals surface area contributed by atoms with Crippen molar-refractivity contribution in [2.75, 3.05) is 20.1 Å². The molecule has 0 bridgehead atoms. The third-order valence-electron chi connectivity index (χ3n) is 2.28. The molecule has 0 fully saturated rings. The third kappa shape index (κ3) is 4.60. The van der Waals surface area contributed by atoms with Gasteiger partial charge in [-0.1, -0.05) is 36.3 Å². The zero-order chi connectivity index (χ0) is 12.5. The van der Waals surface area contributed by atoms with Gasteiger partial charge in [-0.3, -0.25) is 0 Å². The van der Waals surface area contributed by atoms with Crippen LogP contribution < -0.4 is 5.32 Å². The summed E-state index contributed by atoms with van der Waals surface area (Å²) in [4.78, 5) is 6.39. The van der Waals surface area contributed by atoms with Gasteiger partial charge in [0.25, 0.3) is 0 Å². The van der Waals surface area contributed by atoms with Crippen LogP contribution in [0.5, 0.6) is 0 Å². The average Bonchev–Trinajstić information content (AvgIpc) is 2.35. The molecule has 0 radical (unpaired) electrons. The quantitative estimate of drug-likeness (QED) is 0.483. The fraction of sp³-hybridized carbons (Fsp3) is 0.357. The van der Waals surface area contributed by atoms with Gasteiger partial charge in [-0.05, 0) is 12.5 Å². The van der Waals surface area contributed by atoms with Crippen LogP contribution in [0.25, 0.3) is 0 Å². The molecule has 0 unspecified atom stereocenters. The normalized spacial score (nSPS) is 10.8. The second-order valence-corrected chi connectivity index (χ2v) is 3.72. The number of nitrogens with one attached hydrogen (secondary N) is 1. The van der Waals surface area contributed by atoms with Gasteiger partial charge >= 0.3 is 0 Å². The summed E-state index contributed by atoms with van der Waals surface area (Å²) >= 11 is 0. The first-order valence-corrected chi connectivity index (χ1v) is 5.74. The summed E-state index contributed by atoms with van der Waals surface area (Å²) < 4.78 is 0. The highest BCUT2D eigenvalue weighted by atomic mass is 15.3. The SMILES string of the molecule is C#CCN=C(NCC)N(C)Cc1ccccc1. The molecule has 17 heavy (non-hydrogen) atoms. The van der Waals surface area contributed by atoms with Crippen LogP contribution in [-0.4, -0.2) is 31.0 Å². The van der Waals surface area contributed by atoms with Crippen LogP contribution in [0.2, 0.25) is 0 Å². The number of rotatable bonds is 4. The van der Waals surface area contributed by atoms with Gasteiger partial charge in [0.2, 0.25) is 0 Å². The van der Waals surface area contributed by atoms with Crippen LogP contribution in [0.1, 0.15) is 12.5 Å². The Kier molecular flexibility index (Phi) is 5.67. The van der Waals surface area contributed by atoms with Gasteiger partial charge in [0.05, 0.1) is 0 Å². The van der Waals surface area contributed by atoms with E-state index in [0.29, 0.717) is 6.54 Å². The van der Waals surface area contributed by atoms with Crippen molar-refractivity contribution in [1.29, 1.82) is 0 Å². The van der Waals surface area contributed by atoms with Gasteiger partial charge in [0.15, 0.2) is 5.96 Å². The largest absolute Gasteiger partial charge is 0.356 e. The molecule has 0 heterocycles. The number of aliphatic imine (C=N–C) groups is 1. The number of guanidine groups is 1. The van der Waals surface area contributed by atoms with Crippen molar-refractivity contribution in [2.24, 2.45) is 4.99 Å². The number of nitrogens with zero attached hydrogens (tertiary/aromatic N) is 2. The molecule has 0 saturated heterocycles. The third-order valence-corrected chi connectivity index (χ3v) is 2.28. The Morgan fingerprint density at radius 2 is 2.12 bits per heavy atom. The fourth-order valence-electron chi connectivity index (χ4n) is 1.52. The van der Waals surface area contributed by atoms with E-state index >= 15 is 0 Å². The van der Waals surface area contributed by atoms with Crippen LogP contribution in [-0.2, 0) is 6.54 Å². The molecule has 0 spiro atoms. The minimum atomic E-state index is 0.404. The zero-order valence-corrected chi connectivity index (χ0v) is 10.5. The van der Waals surface area contributed by atoms with E-state index in [-0.39, 0.29) is 0 Å². The van der Waals surface area contributed by atoms with E-state index in [9.17, 15) is 0 Å². The lowest BCUT2D eigenvalue weighted by Gasteiger charge is -2.21. The summed E-state index contributed by atoms with van der Waals surface area (Å²) in [5.41, 5.74) is 1.25. The van der Waals surface area contributed by atoms with E-state index in [1.807, 2.05) is 32.2 Å². The molecule has 1 rings (SSSR count). The van der Waals surface area contributed by atoms with Gasteiger partial charge in [-0.25, -0.2) is 4.99 Å². The molecule has 0 saturated carbocycles. The summed E-state index contributed by atoms with van der Waals surface area (Å²) in [7, 11) is 2.00. The summed E-state index contributed by atoms with van der Waals surface area (Å²) in [6.07, 6.45) is 5.22. The highest BCUT2D eigenvalue weighted by molar-refractivity contribution is 5.79. The van der Waals surface area contributed by atoms with Crippen LogP contribution in [0.3, 0.4) is 0 Å². The summed E-state index contributed by atoms with van der Waals surface area (Å²) in [5, 5.41) is 3.22. The van der Waals surface area contributed by atoms with Gasteiger partial charge in [-0.15, -0.1) is 6.42 Å². The Balaban J connectivity index is 2.66. The Bertz CT molecular complexity index is 390. The maximum Gasteiger partial charge on any atom is 0.194 e. The number of benzene rings is 1. The van der Waals surface area contributed by atoms with Crippen molar-refractivity contribution in [2.45, 2.75) is 13.5 Å². The smallest absolute Gasteiger partial charge is 0.194 e. The Labute approximate surface area is 104 Å². The van der Waals surface area contributed by atoms with Crippen molar-refractivity contribution in [3.8, 4) is 12.3 Å². The van der Waals surface area contributed by atoms with E-state index in [0.717, 1.165) is 19.0 Å². The topological polar surface area (TPSA) is 27.6 Å². The first kappa shape index (κ1) is 13.1. The van der Waals surface area contributed by atoms with E-state index in [2.05, 4.69) is 33.3 Å². The standard InChI is InChI=1S/C14H19N3/c1-4-11-16-14(15-5-2)17(3)12-13-9-7-6-8-10-13/h1,6-10H,5,11-12H2,2-3H3,(H,15,16). The first-order chi connectivity index (χ1) is 8.27. The van der Waals surface area contributed by atoms with E-state index < -0.39 is 0 Å². The Morgan fingerprint density at radius 1 is 1.41 bits per heavy atom. The molecule has 0 aliphatic carbocycles. The minimum absolute atomic E-state index is 0.404. The molecule has 1 N–H and O–H groups in total. The molecule has 90 valence electrons. The molecular weight excluding hydrogens is 210 g/mol. The minimum Gasteiger partial charge on any atom is -0.356 e. The monoisotopic (exact) mass is 229 g/mol. The van der Waals surface area contributed by atoms with Crippen molar-refractivity contribution in [1.82, 2.24) is 10.2 Å². The Morgan fingerprint density at radius 3 is 2.71 bits per heavy atom. The maximum absolute atomic E-state index is 5.22. The van der Waals surface area contributed by atoms with Crippen molar-refractivity contribution in [3.63, 3.8) is 0 Å². The van der Waals surface area contributed by atoms with E-state index in [1.165, 1.54) is 5.56 Å². The zero-order valence-electron chi connectivity index (χ0n) is 10.5. The molecule has 0 atom stereocenters. The fourth-order valence-corrected chi connectivity index (χ4v) is 1.52. The van der Waals surface area contributed by atoms with E-state index in [1.54, 1.807) is 0 Å².